The van der Waals surface area contributed by atoms with Gasteiger partial charge in [-0.3, -0.25) is 4.79 Å². The van der Waals surface area contributed by atoms with Gasteiger partial charge in [-0.15, -0.1) is 11.8 Å². The van der Waals surface area contributed by atoms with Crippen LogP contribution in [0.2, 0.25) is 5.02 Å². The molecule has 0 radical (unpaired) electrons. The van der Waals surface area contributed by atoms with E-state index in [-0.39, 0.29) is 5.97 Å². The van der Waals surface area contributed by atoms with Crippen LogP contribution < -0.4 is 5.32 Å². The number of carbonyl (C=O) groups is 1. The first-order valence-corrected chi connectivity index (χ1v) is 8.09. The summed E-state index contributed by atoms with van der Waals surface area (Å²) >= 11 is 7.37. The molecule has 0 aromatic carbocycles. The Labute approximate surface area is 128 Å². The molecule has 4 nitrogen and oxygen atoms in total. The van der Waals surface area contributed by atoms with Gasteiger partial charge in [0, 0.05) is 11.9 Å². The number of aromatic nitrogens is 1. The van der Waals surface area contributed by atoms with Crippen LogP contribution in [-0.2, 0) is 9.53 Å². The third-order valence-electron chi connectivity index (χ3n) is 3.51. The van der Waals surface area contributed by atoms with Crippen LogP contribution >= 0.6 is 23.4 Å². The Morgan fingerprint density at radius 1 is 1.60 bits per heavy atom. The third kappa shape index (κ3) is 3.45. The number of carbonyl (C=O) groups excluding carboxylic acids is 1. The van der Waals surface area contributed by atoms with Crippen LogP contribution in [0, 0.1) is 5.92 Å². The zero-order chi connectivity index (χ0) is 14.6. The van der Waals surface area contributed by atoms with Crippen molar-refractivity contribution in [2.75, 3.05) is 19.4 Å². The lowest BCUT2D eigenvalue weighted by molar-refractivity contribution is -0.150. The molecule has 1 saturated carbocycles. The molecule has 1 unspecified atom stereocenters. The molecule has 110 valence electrons. The number of ether oxygens (including phenoxy) is 1. The molecule has 0 spiro atoms. The van der Waals surface area contributed by atoms with Gasteiger partial charge in [0.1, 0.15) is 5.54 Å². The van der Waals surface area contributed by atoms with Crippen LogP contribution in [-0.4, -0.2) is 35.9 Å². The topological polar surface area (TPSA) is 51.2 Å². The zero-order valence-corrected chi connectivity index (χ0v) is 13.3. The number of rotatable bonds is 7. The maximum absolute atomic E-state index is 12.3. The second-order valence-corrected chi connectivity index (χ2v) is 6.25. The number of nitrogens with one attached hydrogen (secondary N) is 1. The van der Waals surface area contributed by atoms with Crippen molar-refractivity contribution in [2.45, 2.75) is 30.3 Å². The van der Waals surface area contributed by atoms with Crippen molar-refractivity contribution in [3.8, 4) is 0 Å². The molecule has 1 atom stereocenters. The molecule has 20 heavy (non-hydrogen) atoms. The molecular formula is C14H19ClN2O2S. The SMILES string of the molecule is CCOC(=O)C(CSc1ccc(Cl)cn1)(NC)C1CC1. The number of likely N-dealkylation sites (N-methyl/N-ethyl adjacent to an activating group) is 1. The third-order valence-corrected chi connectivity index (χ3v) is 4.87. The van der Waals surface area contributed by atoms with E-state index in [1.54, 1.807) is 24.0 Å². The molecule has 1 aromatic heterocycles. The molecule has 0 amide bonds. The standard InChI is InChI=1S/C14H19ClN2O2S/c1-3-19-13(18)14(16-2,10-4-5-10)9-20-12-7-6-11(15)8-17-12/h6-8,10,16H,3-5,9H2,1-2H3. The van der Waals surface area contributed by atoms with E-state index in [0.717, 1.165) is 17.9 Å². The minimum absolute atomic E-state index is 0.161. The van der Waals surface area contributed by atoms with Gasteiger partial charge in [0.2, 0.25) is 0 Å². The lowest BCUT2D eigenvalue weighted by Gasteiger charge is -2.30. The van der Waals surface area contributed by atoms with Gasteiger partial charge in [-0.1, -0.05) is 11.6 Å². The first-order valence-electron chi connectivity index (χ1n) is 6.73. The Kier molecular flexibility index (Phi) is 5.29. The fourth-order valence-electron chi connectivity index (χ4n) is 2.19. The quantitative estimate of drug-likeness (QED) is 0.619. The van der Waals surface area contributed by atoms with Gasteiger partial charge in [0.05, 0.1) is 16.7 Å². The van der Waals surface area contributed by atoms with Gasteiger partial charge in [0.25, 0.3) is 0 Å². The van der Waals surface area contributed by atoms with Crippen LogP contribution in [0.3, 0.4) is 0 Å². The maximum Gasteiger partial charge on any atom is 0.327 e. The van der Waals surface area contributed by atoms with E-state index in [1.807, 2.05) is 20.0 Å². The number of esters is 1. The number of hydrogen-bond acceptors (Lipinski definition) is 5. The van der Waals surface area contributed by atoms with Crippen LogP contribution in [0.15, 0.2) is 23.4 Å². The monoisotopic (exact) mass is 314 g/mol. The molecule has 1 heterocycles. The van der Waals surface area contributed by atoms with E-state index in [0.29, 0.717) is 23.3 Å². The van der Waals surface area contributed by atoms with Gasteiger partial charge in [-0.05, 0) is 44.9 Å². The molecule has 0 saturated heterocycles. The number of thioether (sulfide) groups is 1. The van der Waals surface area contributed by atoms with E-state index in [2.05, 4.69) is 10.3 Å². The van der Waals surface area contributed by atoms with Crippen molar-refractivity contribution in [1.29, 1.82) is 0 Å². The van der Waals surface area contributed by atoms with E-state index in [9.17, 15) is 4.79 Å². The average Bonchev–Trinajstić information content (AvgIpc) is 3.27. The number of hydrogen-bond donors (Lipinski definition) is 1. The molecule has 1 fully saturated rings. The molecule has 0 aliphatic heterocycles. The maximum atomic E-state index is 12.3. The summed E-state index contributed by atoms with van der Waals surface area (Å²) in [5, 5.41) is 4.67. The second-order valence-electron chi connectivity index (χ2n) is 4.82. The van der Waals surface area contributed by atoms with Gasteiger partial charge in [0.15, 0.2) is 0 Å². The molecule has 1 aliphatic rings. The fourth-order valence-corrected chi connectivity index (χ4v) is 3.47. The van der Waals surface area contributed by atoms with Crippen molar-refractivity contribution >= 4 is 29.3 Å². The summed E-state index contributed by atoms with van der Waals surface area (Å²) in [5.74, 6) is 0.805. The van der Waals surface area contributed by atoms with Crippen molar-refractivity contribution < 1.29 is 9.53 Å². The van der Waals surface area contributed by atoms with E-state index in [1.165, 1.54) is 0 Å². The van der Waals surface area contributed by atoms with Gasteiger partial charge in [-0.25, -0.2) is 4.98 Å². The summed E-state index contributed by atoms with van der Waals surface area (Å²) in [7, 11) is 1.82. The smallest absolute Gasteiger partial charge is 0.327 e. The van der Waals surface area contributed by atoms with Gasteiger partial charge in [-0.2, -0.15) is 0 Å². The Morgan fingerprint density at radius 3 is 2.85 bits per heavy atom. The summed E-state index contributed by atoms with van der Waals surface area (Å²) in [6.07, 6.45) is 3.74. The molecule has 2 rings (SSSR count). The summed E-state index contributed by atoms with van der Waals surface area (Å²) < 4.78 is 5.25. The highest BCUT2D eigenvalue weighted by Crippen LogP contribution is 2.42. The summed E-state index contributed by atoms with van der Waals surface area (Å²) in [4.78, 5) is 16.6. The molecule has 1 aliphatic carbocycles. The highest BCUT2D eigenvalue weighted by Gasteiger charge is 2.51. The van der Waals surface area contributed by atoms with E-state index >= 15 is 0 Å². The van der Waals surface area contributed by atoms with Crippen molar-refractivity contribution in [3.05, 3.63) is 23.4 Å². The largest absolute Gasteiger partial charge is 0.465 e. The fraction of sp³-hybridized carbons (Fsp3) is 0.571. The summed E-state index contributed by atoms with van der Waals surface area (Å²) in [6.45, 7) is 2.23. The van der Waals surface area contributed by atoms with E-state index in [4.69, 9.17) is 16.3 Å². The summed E-state index contributed by atoms with van der Waals surface area (Å²) in [6, 6.07) is 3.67. The lowest BCUT2D eigenvalue weighted by Crippen LogP contribution is -2.55. The van der Waals surface area contributed by atoms with Crippen molar-refractivity contribution in [3.63, 3.8) is 0 Å². The Hall–Kier alpha value is -0.780. The van der Waals surface area contributed by atoms with Crippen LogP contribution in [0.25, 0.3) is 0 Å². The van der Waals surface area contributed by atoms with Crippen molar-refractivity contribution in [2.24, 2.45) is 5.92 Å². The normalized spacial score (nSPS) is 17.6. The molecule has 1 N–H and O–H groups in total. The van der Waals surface area contributed by atoms with Crippen LogP contribution in [0.4, 0.5) is 0 Å². The lowest BCUT2D eigenvalue weighted by atomic mass is 9.96. The van der Waals surface area contributed by atoms with Crippen LogP contribution in [0.5, 0.6) is 0 Å². The Bertz CT molecular complexity index is 465. The first-order chi connectivity index (χ1) is 9.62. The summed E-state index contributed by atoms with van der Waals surface area (Å²) in [5.41, 5.74) is -0.609. The molecular weight excluding hydrogens is 296 g/mol. The van der Waals surface area contributed by atoms with E-state index < -0.39 is 5.54 Å². The number of nitrogens with zero attached hydrogens (tertiary/aromatic N) is 1. The van der Waals surface area contributed by atoms with Gasteiger partial charge < -0.3 is 10.1 Å². The Balaban J connectivity index is 2.07. The molecule has 0 bridgehead atoms. The van der Waals surface area contributed by atoms with Crippen molar-refractivity contribution in [1.82, 2.24) is 10.3 Å². The molecule has 1 aromatic rings. The predicted octanol–water partition coefficient (Wildman–Crippen LogP) is 2.76. The van der Waals surface area contributed by atoms with Crippen LogP contribution in [0.1, 0.15) is 19.8 Å². The highest BCUT2D eigenvalue weighted by atomic mass is 35.5. The predicted molar refractivity (Wildman–Crippen MR) is 81.1 cm³/mol. The minimum atomic E-state index is -0.609. The second kappa shape index (κ2) is 6.78. The number of halogens is 1. The molecule has 6 heteroatoms. The zero-order valence-electron chi connectivity index (χ0n) is 11.7. The average molecular weight is 315 g/mol. The number of pyridine rings is 1. The first kappa shape index (κ1) is 15.6. The van der Waals surface area contributed by atoms with Gasteiger partial charge >= 0.3 is 5.97 Å². The Morgan fingerprint density at radius 2 is 2.35 bits per heavy atom. The minimum Gasteiger partial charge on any atom is -0.465 e. The highest BCUT2D eigenvalue weighted by molar-refractivity contribution is 7.99.